The Bertz CT molecular complexity index is 1400. The first kappa shape index (κ1) is 31.9. The van der Waals surface area contributed by atoms with Crippen molar-refractivity contribution in [3.63, 3.8) is 0 Å². The lowest BCUT2D eigenvalue weighted by Crippen LogP contribution is -2.63. The lowest BCUT2D eigenvalue weighted by Gasteiger charge is -2.44. The number of carbonyl (C=O) groups excluding carboxylic acids is 2. The number of benzene rings is 2. The lowest BCUT2D eigenvalue weighted by atomic mass is 9.84. The quantitative estimate of drug-likeness (QED) is 0.379. The van der Waals surface area contributed by atoms with Gasteiger partial charge in [0.2, 0.25) is 21.8 Å². The summed E-state index contributed by atoms with van der Waals surface area (Å²) in [4.78, 5) is 31.2. The maximum absolute atomic E-state index is 13.8. The summed E-state index contributed by atoms with van der Waals surface area (Å²) in [6, 6.07) is 9.61. The number of rotatable bonds is 5. The molecule has 2 aromatic rings. The smallest absolute Gasteiger partial charge is 0.246 e. The van der Waals surface area contributed by atoms with Crippen LogP contribution in [-0.2, 0) is 19.6 Å². The molecule has 5 rings (SSSR count). The topological polar surface area (TPSA) is 114 Å². The largest absolute Gasteiger partial charge is 0.372 e. The average Bonchev–Trinajstić information content (AvgIpc) is 2.96. The van der Waals surface area contributed by atoms with Gasteiger partial charge in [-0.15, -0.1) is 12.4 Å². The van der Waals surface area contributed by atoms with Crippen molar-refractivity contribution in [2.24, 2.45) is 5.92 Å². The van der Waals surface area contributed by atoms with Gasteiger partial charge in [0.25, 0.3) is 0 Å². The second-order valence-electron chi connectivity index (χ2n) is 10.8. The third-order valence-corrected chi connectivity index (χ3v) is 11.2. The van der Waals surface area contributed by atoms with E-state index in [0.29, 0.717) is 36.8 Å². The highest BCUT2D eigenvalue weighted by atomic mass is 35.5. The normalized spacial score (nSPS) is 24.0. The van der Waals surface area contributed by atoms with Gasteiger partial charge < -0.3 is 15.1 Å². The first-order valence-electron chi connectivity index (χ1n) is 13.8. The molecular weight excluding hydrogens is 605 g/mol. The van der Waals surface area contributed by atoms with Crippen molar-refractivity contribution in [3.05, 3.63) is 41.4 Å². The van der Waals surface area contributed by atoms with E-state index >= 15 is 0 Å². The zero-order chi connectivity index (χ0) is 28.4. The third kappa shape index (κ3) is 7.13. The summed E-state index contributed by atoms with van der Waals surface area (Å²) < 4.78 is 28.9. The summed E-state index contributed by atoms with van der Waals surface area (Å²) >= 11 is 7.89. The van der Waals surface area contributed by atoms with E-state index in [1.165, 1.54) is 4.31 Å². The number of amides is 2. The molecule has 1 unspecified atom stereocenters. The molecule has 0 spiro atoms. The van der Waals surface area contributed by atoms with Gasteiger partial charge in [-0.05, 0) is 67.6 Å². The first-order chi connectivity index (χ1) is 19.1. The Labute approximate surface area is 257 Å². The number of sulfonamides is 1. The van der Waals surface area contributed by atoms with Crippen molar-refractivity contribution in [1.82, 2.24) is 19.4 Å². The number of amidine groups is 1. The lowest BCUT2D eigenvalue weighted by molar-refractivity contribution is -0.151. The minimum atomic E-state index is -3.89. The molecule has 2 heterocycles. The van der Waals surface area contributed by atoms with Gasteiger partial charge in [0.1, 0.15) is 6.04 Å². The van der Waals surface area contributed by atoms with Crippen LogP contribution in [0.3, 0.4) is 0 Å². The molecule has 0 radical (unpaired) electrons. The fourth-order valence-electron chi connectivity index (χ4n) is 5.98. The minimum Gasteiger partial charge on any atom is -0.372 e. The average molecular weight is 643 g/mol. The highest BCUT2D eigenvalue weighted by Crippen LogP contribution is 2.30. The zero-order valence-corrected chi connectivity index (χ0v) is 26.3. The Balaban J connectivity index is 0.00000387. The molecule has 2 aromatic carbocycles. The summed E-state index contributed by atoms with van der Waals surface area (Å²) in [6.45, 7) is 3.17. The van der Waals surface area contributed by atoms with Crippen LogP contribution < -0.4 is 5.32 Å². The van der Waals surface area contributed by atoms with Crippen LogP contribution in [0.1, 0.15) is 32.6 Å². The zero-order valence-electron chi connectivity index (χ0n) is 23.1. The highest BCUT2D eigenvalue weighted by molar-refractivity contribution is 7.99. The number of hydrogen-bond donors (Lipinski definition) is 2. The molecular formula is C28H37Cl2N5O4S2. The molecule has 0 bridgehead atoms. The maximum atomic E-state index is 13.8. The number of fused-ring (bicyclic) bond motifs is 1. The fraction of sp³-hybridized carbons (Fsp3) is 0.536. The van der Waals surface area contributed by atoms with Crippen LogP contribution in [-0.4, -0.2) is 96.5 Å². The minimum absolute atomic E-state index is 0. The summed E-state index contributed by atoms with van der Waals surface area (Å²) in [5.74, 6) is 1.66. The van der Waals surface area contributed by atoms with Crippen molar-refractivity contribution in [2.45, 2.75) is 49.6 Å². The van der Waals surface area contributed by atoms with Gasteiger partial charge in [0, 0.05) is 61.2 Å². The van der Waals surface area contributed by atoms with E-state index in [2.05, 4.69) is 5.32 Å². The third-order valence-electron chi connectivity index (χ3n) is 8.14. The molecule has 224 valence electrons. The van der Waals surface area contributed by atoms with E-state index in [-0.39, 0.29) is 60.7 Å². The molecule has 13 heteroatoms. The van der Waals surface area contributed by atoms with E-state index in [9.17, 15) is 18.0 Å². The predicted octanol–water partition coefficient (Wildman–Crippen LogP) is 3.84. The van der Waals surface area contributed by atoms with Crippen LogP contribution in [0.25, 0.3) is 10.8 Å². The molecule has 1 aliphatic carbocycles. The second-order valence-corrected chi connectivity index (χ2v) is 14.4. The van der Waals surface area contributed by atoms with Gasteiger partial charge in [-0.1, -0.05) is 23.7 Å². The Morgan fingerprint density at radius 2 is 1.61 bits per heavy atom. The van der Waals surface area contributed by atoms with Crippen molar-refractivity contribution in [2.75, 3.05) is 44.2 Å². The van der Waals surface area contributed by atoms with E-state index in [0.717, 1.165) is 35.1 Å². The molecule has 2 aliphatic heterocycles. The molecule has 0 aromatic heterocycles. The number of hydrogen-bond acceptors (Lipinski definition) is 6. The first-order valence-corrected chi connectivity index (χ1v) is 16.8. The molecule has 1 atom stereocenters. The van der Waals surface area contributed by atoms with E-state index in [1.54, 1.807) is 64.9 Å². The van der Waals surface area contributed by atoms with Crippen LogP contribution in [0.5, 0.6) is 0 Å². The van der Waals surface area contributed by atoms with Gasteiger partial charge in [-0.2, -0.15) is 16.1 Å². The molecule has 41 heavy (non-hydrogen) atoms. The maximum Gasteiger partial charge on any atom is 0.246 e. The molecule has 3 aliphatic rings. The highest BCUT2D eigenvalue weighted by Gasteiger charge is 2.43. The summed E-state index contributed by atoms with van der Waals surface area (Å²) in [5.41, 5.74) is 0. The van der Waals surface area contributed by atoms with E-state index < -0.39 is 16.1 Å². The van der Waals surface area contributed by atoms with Crippen LogP contribution >= 0.6 is 35.8 Å². The van der Waals surface area contributed by atoms with Gasteiger partial charge >= 0.3 is 0 Å². The monoisotopic (exact) mass is 641 g/mol. The Morgan fingerprint density at radius 3 is 2.29 bits per heavy atom. The van der Waals surface area contributed by atoms with Gasteiger partial charge in [-0.3, -0.25) is 15.0 Å². The van der Waals surface area contributed by atoms with Crippen LogP contribution in [0.15, 0.2) is 41.3 Å². The van der Waals surface area contributed by atoms with Crippen molar-refractivity contribution >= 4 is 74.2 Å². The second kappa shape index (κ2) is 13.5. The van der Waals surface area contributed by atoms with Crippen LogP contribution in [0, 0.1) is 11.3 Å². The molecule has 2 amide bonds. The van der Waals surface area contributed by atoms with Crippen molar-refractivity contribution < 1.29 is 18.0 Å². The summed E-state index contributed by atoms with van der Waals surface area (Å²) in [5, 5.41) is 13.0. The number of nitrogens with zero attached hydrogens (tertiary/aromatic N) is 3. The Kier molecular flexibility index (Phi) is 10.5. The molecule has 2 saturated heterocycles. The van der Waals surface area contributed by atoms with Gasteiger partial charge in [0.15, 0.2) is 0 Å². The fourth-order valence-corrected chi connectivity index (χ4v) is 8.53. The van der Waals surface area contributed by atoms with Crippen LogP contribution in [0.2, 0.25) is 5.02 Å². The van der Waals surface area contributed by atoms with Gasteiger partial charge in [-0.25, -0.2) is 8.42 Å². The molecule has 9 nitrogen and oxygen atoms in total. The molecule has 1 saturated carbocycles. The number of carbonyl (C=O) groups is 2. The van der Waals surface area contributed by atoms with Crippen molar-refractivity contribution in [3.8, 4) is 0 Å². The summed E-state index contributed by atoms with van der Waals surface area (Å²) in [7, 11) is -3.89. The number of halogens is 2. The SMILES string of the molecule is CC(=N)N[C@H]1CC[C@H](C(=O)N2CCN(S(=O)(=O)c3ccc4cc(Cl)ccc4c3)CC2C(=O)N2CCSCC2)CC1.Cl. The molecule has 2 N–H and O–H groups in total. The van der Waals surface area contributed by atoms with Crippen LogP contribution in [0.4, 0.5) is 0 Å². The predicted molar refractivity (Wildman–Crippen MR) is 167 cm³/mol. The van der Waals surface area contributed by atoms with E-state index in [4.69, 9.17) is 17.0 Å². The standard InChI is InChI=1S/C28H36ClN5O4S2.ClH/c1-19(30)31-24-7-3-20(4-8-24)27(35)34-11-10-33(18-26(34)28(36)32-12-14-39-15-13-32)40(37,38)25-9-5-21-16-23(29)6-2-22(21)17-25;/h2,5-6,9,16-17,20,24,26H,3-4,7-8,10-15,18H2,1H3,(H2,30,31);1H/t20-,24-,26?;. The number of piperazine rings is 1. The van der Waals surface area contributed by atoms with E-state index in [1.807, 2.05) is 0 Å². The Hall–Kier alpha value is -2.05. The Morgan fingerprint density at radius 1 is 0.951 bits per heavy atom. The number of thioether (sulfide) groups is 1. The van der Waals surface area contributed by atoms with Crippen molar-refractivity contribution in [1.29, 1.82) is 5.41 Å². The van der Waals surface area contributed by atoms with Gasteiger partial charge in [0.05, 0.1) is 10.7 Å². The molecule has 3 fully saturated rings. The number of nitrogens with one attached hydrogen (secondary N) is 2. The summed E-state index contributed by atoms with van der Waals surface area (Å²) in [6.07, 6.45) is 2.95.